The zero-order valence-electron chi connectivity index (χ0n) is 9.41. The predicted octanol–water partition coefficient (Wildman–Crippen LogP) is 2.17. The number of halogens is 2. The molecule has 0 aliphatic heterocycles. The molecule has 0 bridgehead atoms. The number of benzene rings is 1. The summed E-state index contributed by atoms with van der Waals surface area (Å²) in [4.78, 5) is 18.5. The number of H-pyrrole nitrogens is 1. The molecule has 2 aromatic rings. The van der Waals surface area contributed by atoms with Gasteiger partial charge in [0.15, 0.2) is 0 Å². The number of aromatic amines is 1. The van der Waals surface area contributed by atoms with Crippen LogP contribution in [-0.4, -0.2) is 22.4 Å². The largest absolute Gasteiger partial charge is 0.352 e. The van der Waals surface area contributed by atoms with E-state index in [1.54, 1.807) is 12.5 Å². The monoisotopic (exact) mass is 267 g/mol. The van der Waals surface area contributed by atoms with Crippen molar-refractivity contribution in [3.05, 3.63) is 52.8 Å². The second-order valence-electron chi connectivity index (χ2n) is 3.71. The van der Waals surface area contributed by atoms with Gasteiger partial charge in [0.1, 0.15) is 5.82 Å². The number of nitrogens with one attached hydrogen (secondary N) is 2. The highest BCUT2D eigenvalue weighted by Crippen LogP contribution is 2.14. The van der Waals surface area contributed by atoms with Crippen molar-refractivity contribution < 1.29 is 9.18 Å². The van der Waals surface area contributed by atoms with Crippen LogP contribution in [0.3, 0.4) is 0 Å². The second kappa shape index (κ2) is 5.64. The van der Waals surface area contributed by atoms with Crippen LogP contribution in [0.5, 0.6) is 0 Å². The minimum absolute atomic E-state index is 0.0490. The van der Waals surface area contributed by atoms with Crippen molar-refractivity contribution in [1.29, 1.82) is 0 Å². The van der Waals surface area contributed by atoms with Crippen LogP contribution in [0.2, 0.25) is 5.02 Å². The van der Waals surface area contributed by atoms with E-state index in [0.717, 1.165) is 5.69 Å². The van der Waals surface area contributed by atoms with Gasteiger partial charge in [-0.15, -0.1) is 0 Å². The Balaban J connectivity index is 1.93. The molecular weight excluding hydrogens is 257 g/mol. The highest BCUT2D eigenvalue weighted by Gasteiger charge is 2.11. The van der Waals surface area contributed by atoms with E-state index in [1.807, 2.05) is 0 Å². The average Bonchev–Trinajstić information content (AvgIpc) is 2.85. The number of hydrogen-bond acceptors (Lipinski definition) is 2. The quantitative estimate of drug-likeness (QED) is 0.892. The lowest BCUT2D eigenvalue weighted by Gasteiger charge is -2.05. The van der Waals surface area contributed by atoms with Crippen molar-refractivity contribution in [2.75, 3.05) is 6.54 Å². The summed E-state index contributed by atoms with van der Waals surface area (Å²) in [7, 11) is 0. The number of carbonyl (C=O) groups is 1. The lowest BCUT2D eigenvalue weighted by molar-refractivity contribution is 0.0950. The summed E-state index contributed by atoms with van der Waals surface area (Å²) in [6, 6.07) is 3.88. The molecule has 4 nitrogen and oxygen atoms in total. The van der Waals surface area contributed by atoms with E-state index in [-0.39, 0.29) is 5.56 Å². The molecule has 1 aromatic carbocycles. The fourth-order valence-electron chi connectivity index (χ4n) is 1.50. The van der Waals surface area contributed by atoms with Crippen molar-refractivity contribution in [2.24, 2.45) is 0 Å². The van der Waals surface area contributed by atoms with E-state index in [4.69, 9.17) is 11.6 Å². The zero-order valence-corrected chi connectivity index (χ0v) is 10.2. The van der Waals surface area contributed by atoms with Crippen LogP contribution in [-0.2, 0) is 6.42 Å². The molecule has 0 saturated carbocycles. The minimum Gasteiger partial charge on any atom is -0.352 e. The molecule has 1 amide bonds. The molecule has 0 spiro atoms. The van der Waals surface area contributed by atoms with Crippen molar-refractivity contribution in [3.8, 4) is 0 Å². The topological polar surface area (TPSA) is 57.8 Å². The average molecular weight is 268 g/mol. The van der Waals surface area contributed by atoms with Gasteiger partial charge in [-0.05, 0) is 18.2 Å². The van der Waals surface area contributed by atoms with Crippen molar-refractivity contribution in [3.63, 3.8) is 0 Å². The molecule has 2 rings (SSSR count). The third-order valence-corrected chi connectivity index (χ3v) is 2.64. The first kappa shape index (κ1) is 12.6. The number of nitrogens with zero attached hydrogens (tertiary/aromatic N) is 1. The maximum atomic E-state index is 13.4. The van der Waals surface area contributed by atoms with Crippen LogP contribution in [0, 0.1) is 5.82 Å². The molecule has 0 aliphatic rings. The van der Waals surface area contributed by atoms with Crippen LogP contribution in [0.4, 0.5) is 4.39 Å². The third kappa shape index (κ3) is 3.07. The fraction of sp³-hybridized carbons (Fsp3) is 0.167. The maximum absolute atomic E-state index is 13.4. The number of carbonyl (C=O) groups excluding carboxylic acids is 1. The molecule has 2 N–H and O–H groups in total. The SMILES string of the molecule is O=C(NCCc1cnc[nH]1)c1cc(Cl)ccc1F. The van der Waals surface area contributed by atoms with Crippen molar-refractivity contribution in [2.45, 2.75) is 6.42 Å². The van der Waals surface area contributed by atoms with Gasteiger partial charge >= 0.3 is 0 Å². The number of rotatable bonds is 4. The van der Waals surface area contributed by atoms with Gasteiger partial charge in [0.05, 0.1) is 11.9 Å². The first-order valence-electron chi connectivity index (χ1n) is 5.37. The summed E-state index contributed by atoms with van der Waals surface area (Å²) in [5, 5.41) is 2.95. The van der Waals surface area contributed by atoms with Crippen molar-refractivity contribution in [1.82, 2.24) is 15.3 Å². The predicted molar refractivity (Wildman–Crippen MR) is 66.0 cm³/mol. The zero-order chi connectivity index (χ0) is 13.0. The number of amides is 1. The normalized spacial score (nSPS) is 10.3. The van der Waals surface area contributed by atoms with Gasteiger partial charge in [0, 0.05) is 29.9 Å². The fourth-order valence-corrected chi connectivity index (χ4v) is 1.67. The van der Waals surface area contributed by atoms with E-state index in [0.29, 0.717) is 18.0 Å². The molecular formula is C12H11ClFN3O. The molecule has 0 aliphatic carbocycles. The van der Waals surface area contributed by atoms with E-state index >= 15 is 0 Å². The molecule has 0 radical (unpaired) electrons. The Hall–Kier alpha value is -1.88. The van der Waals surface area contributed by atoms with Crippen LogP contribution < -0.4 is 5.32 Å². The van der Waals surface area contributed by atoms with Crippen LogP contribution >= 0.6 is 11.6 Å². The minimum atomic E-state index is -0.585. The summed E-state index contributed by atoms with van der Waals surface area (Å²) in [6.45, 7) is 0.396. The number of imidazole rings is 1. The standard InChI is InChI=1S/C12H11ClFN3O/c13-8-1-2-11(14)10(5-8)12(18)16-4-3-9-6-15-7-17-9/h1-2,5-7H,3-4H2,(H,15,17)(H,16,18). The second-order valence-corrected chi connectivity index (χ2v) is 4.14. The van der Waals surface area contributed by atoms with Crippen LogP contribution in [0.25, 0.3) is 0 Å². The first-order valence-corrected chi connectivity index (χ1v) is 5.75. The summed E-state index contributed by atoms with van der Waals surface area (Å²) in [6.07, 6.45) is 3.84. The maximum Gasteiger partial charge on any atom is 0.254 e. The highest BCUT2D eigenvalue weighted by molar-refractivity contribution is 6.30. The van der Waals surface area contributed by atoms with Crippen LogP contribution in [0.1, 0.15) is 16.1 Å². The molecule has 94 valence electrons. The Morgan fingerprint density at radius 1 is 1.50 bits per heavy atom. The van der Waals surface area contributed by atoms with Gasteiger partial charge in [0.25, 0.3) is 5.91 Å². The Labute approximate surface area is 108 Å². The number of aromatic nitrogens is 2. The van der Waals surface area contributed by atoms with E-state index in [2.05, 4.69) is 15.3 Å². The van der Waals surface area contributed by atoms with Gasteiger partial charge in [-0.1, -0.05) is 11.6 Å². The molecule has 6 heteroatoms. The molecule has 0 fully saturated rings. The molecule has 1 heterocycles. The molecule has 18 heavy (non-hydrogen) atoms. The Bertz CT molecular complexity index is 542. The van der Waals surface area contributed by atoms with Crippen molar-refractivity contribution >= 4 is 17.5 Å². The third-order valence-electron chi connectivity index (χ3n) is 2.41. The smallest absolute Gasteiger partial charge is 0.254 e. The van der Waals surface area contributed by atoms with E-state index in [9.17, 15) is 9.18 Å². The van der Waals surface area contributed by atoms with Gasteiger partial charge in [-0.3, -0.25) is 4.79 Å². The first-order chi connectivity index (χ1) is 8.66. The van der Waals surface area contributed by atoms with Crippen LogP contribution in [0.15, 0.2) is 30.7 Å². The summed E-state index contributed by atoms with van der Waals surface area (Å²) >= 11 is 5.72. The van der Waals surface area contributed by atoms with Gasteiger partial charge in [-0.25, -0.2) is 9.37 Å². The lowest BCUT2D eigenvalue weighted by Crippen LogP contribution is -2.26. The Morgan fingerprint density at radius 2 is 2.33 bits per heavy atom. The Kier molecular flexibility index (Phi) is 3.94. The molecule has 1 aromatic heterocycles. The molecule has 0 unspecified atom stereocenters. The summed E-state index contributed by atoms with van der Waals surface area (Å²) in [5.41, 5.74) is 0.856. The number of hydrogen-bond donors (Lipinski definition) is 2. The summed E-state index contributed by atoms with van der Waals surface area (Å²) in [5.74, 6) is -1.06. The van der Waals surface area contributed by atoms with Gasteiger partial charge in [-0.2, -0.15) is 0 Å². The lowest BCUT2D eigenvalue weighted by atomic mass is 10.2. The molecule has 0 atom stereocenters. The Morgan fingerprint density at radius 3 is 3.06 bits per heavy atom. The highest BCUT2D eigenvalue weighted by atomic mass is 35.5. The van der Waals surface area contributed by atoms with Gasteiger partial charge < -0.3 is 10.3 Å². The molecule has 0 saturated heterocycles. The summed E-state index contributed by atoms with van der Waals surface area (Å²) < 4.78 is 13.4. The van der Waals surface area contributed by atoms with E-state index < -0.39 is 11.7 Å². The van der Waals surface area contributed by atoms with E-state index in [1.165, 1.54) is 18.2 Å². The van der Waals surface area contributed by atoms with Gasteiger partial charge in [0.2, 0.25) is 0 Å².